The number of nitro groups is 1. The maximum atomic E-state index is 12.4. The number of nitrogens with one attached hydrogen (secondary N) is 2. The molecule has 0 spiro atoms. The summed E-state index contributed by atoms with van der Waals surface area (Å²) in [5, 5.41) is 25.4. The Hall–Kier alpha value is -3.93. The van der Waals surface area contributed by atoms with Crippen LogP contribution in [0.5, 0.6) is 5.75 Å². The highest BCUT2D eigenvalue weighted by molar-refractivity contribution is 7.99. The van der Waals surface area contributed by atoms with Crippen LogP contribution in [0.4, 0.5) is 11.4 Å². The van der Waals surface area contributed by atoms with Crippen molar-refractivity contribution in [2.24, 2.45) is 7.05 Å². The van der Waals surface area contributed by atoms with Crippen molar-refractivity contribution in [3.63, 3.8) is 0 Å². The summed E-state index contributed by atoms with van der Waals surface area (Å²) >= 11 is 1.17. The number of nitro benzene ring substituents is 1. The number of aromatic nitrogens is 3. The maximum Gasteiger partial charge on any atom is 0.274 e. The standard InChI is InChI=1S/C23H26N6O5S/c1-14-5-8-17(12-19(14)29(32)33)25-21(31)13-35-23-27-26-22(28(23)3)15(2)24-20(30)11-16-6-9-18(34-4)10-7-16/h5-10,12,15H,11,13H2,1-4H3,(H,24,30)(H,25,31)/t15-/m1/s1. The zero-order valence-corrected chi connectivity index (χ0v) is 20.6. The van der Waals surface area contributed by atoms with Gasteiger partial charge in [0.1, 0.15) is 5.75 Å². The van der Waals surface area contributed by atoms with Crippen LogP contribution in [0.25, 0.3) is 0 Å². The monoisotopic (exact) mass is 498 g/mol. The van der Waals surface area contributed by atoms with Crippen molar-refractivity contribution in [3.05, 3.63) is 69.5 Å². The van der Waals surface area contributed by atoms with E-state index in [0.29, 0.717) is 22.2 Å². The Morgan fingerprint density at radius 2 is 1.89 bits per heavy atom. The summed E-state index contributed by atoms with van der Waals surface area (Å²) in [4.78, 5) is 35.4. The van der Waals surface area contributed by atoms with Gasteiger partial charge in [-0.05, 0) is 37.6 Å². The molecule has 2 N–H and O–H groups in total. The molecule has 1 atom stereocenters. The molecule has 3 rings (SSSR count). The number of nitrogens with zero attached hydrogens (tertiary/aromatic N) is 4. The quantitative estimate of drug-likeness (QED) is 0.247. The van der Waals surface area contributed by atoms with Crippen molar-refractivity contribution >= 4 is 35.0 Å². The number of rotatable bonds is 10. The summed E-state index contributed by atoms with van der Waals surface area (Å²) in [5.74, 6) is 0.807. The van der Waals surface area contributed by atoms with E-state index in [1.807, 2.05) is 12.1 Å². The van der Waals surface area contributed by atoms with Crippen molar-refractivity contribution in [1.29, 1.82) is 0 Å². The van der Waals surface area contributed by atoms with Gasteiger partial charge < -0.3 is 19.9 Å². The number of aryl methyl sites for hydroxylation is 1. The van der Waals surface area contributed by atoms with Crippen LogP contribution >= 0.6 is 11.8 Å². The van der Waals surface area contributed by atoms with Crippen LogP contribution in [0.1, 0.15) is 29.9 Å². The molecule has 0 saturated heterocycles. The molecule has 1 aromatic heterocycles. The third-order valence-electron chi connectivity index (χ3n) is 5.18. The molecule has 0 unspecified atom stereocenters. The topological polar surface area (TPSA) is 141 Å². The minimum atomic E-state index is -0.488. The Kier molecular flexibility index (Phi) is 8.42. The average Bonchev–Trinajstić information content (AvgIpc) is 3.19. The van der Waals surface area contributed by atoms with Gasteiger partial charge in [-0.15, -0.1) is 10.2 Å². The fraction of sp³-hybridized carbons (Fsp3) is 0.304. The first-order valence-electron chi connectivity index (χ1n) is 10.7. The largest absolute Gasteiger partial charge is 0.497 e. The molecule has 2 amide bonds. The first-order chi connectivity index (χ1) is 16.7. The van der Waals surface area contributed by atoms with Crippen LogP contribution < -0.4 is 15.4 Å². The van der Waals surface area contributed by atoms with Gasteiger partial charge in [0.25, 0.3) is 5.69 Å². The molecule has 184 valence electrons. The third-order valence-corrected chi connectivity index (χ3v) is 6.20. The minimum Gasteiger partial charge on any atom is -0.497 e. The fourth-order valence-corrected chi connectivity index (χ4v) is 4.04. The highest BCUT2D eigenvalue weighted by Crippen LogP contribution is 2.23. The van der Waals surface area contributed by atoms with Gasteiger partial charge in [-0.1, -0.05) is 30.0 Å². The zero-order chi connectivity index (χ0) is 25.5. The van der Waals surface area contributed by atoms with Gasteiger partial charge in [-0.3, -0.25) is 19.7 Å². The number of thioether (sulfide) groups is 1. The van der Waals surface area contributed by atoms with E-state index in [1.165, 1.54) is 17.8 Å². The summed E-state index contributed by atoms with van der Waals surface area (Å²) in [5.41, 5.74) is 1.66. The third kappa shape index (κ3) is 6.79. The number of benzene rings is 2. The second kappa shape index (κ2) is 11.5. The van der Waals surface area contributed by atoms with Crippen LogP contribution in [0, 0.1) is 17.0 Å². The number of anilines is 1. The fourth-order valence-electron chi connectivity index (χ4n) is 3.33. The Morgan fingerprint density at radius 3 is 2.54 bits per heavy atom. The van der Waals surface area contributed by atoms with Crippen molar-refractivity contribution in [2.45, 2.75) is 31.5 Å². The van der Waals surface area contributed by atoms with E-state index >= 15 is 0 Å². The van der Waals surface area contributed by atoms with E-state index in [-0.39, 0.29) is 29.7 Å². The second-order valence-corrected chi connectivity index (χ2v) is 8.75. The summed E-state index contributed by atoms with van der Waals surface area (Å²) in [7, 11) is 3.34. The van der Waals surface area contributed by atoms with Gasteiger partial charge >= 0.3 is 0 Å². The van der Waals surface area contributed by atoms with E-state index < -0.39 is 11.0 Å². The summed E-state index contributed by atoms with van der Waals surface area (Å²) in [6.07, 6.45) is 0.213. The number of ether oxygens (including phenoxy) is 1. The Bertz CT molecular complexity index is 1230. The Morgan fingerprint density at radius 1 is 1.17 bits per heavy atom. The molecule has 1 heterocycles. The average molecular weight is 499 g/mol. The van der Waals surface area contributed by atoms with Gasteiger partial charge in [-0.25, -0.2) is 0 Å². The van der Waals surface area contributed by atoms with Crippen molar-refractivity contribution in [1.82, 2.24) is 20.1 Å². The molecule has 0 saturated carbocycles. The van der Waals surface area contributed by atoms with E-state index in [9.17, 15) is 19.7 Å². The molecule has 0 aliphatic carbocycles. The summed E-state index contributed by atoms with van der Waals surface area (Å²) in [6, 6.07) is 11.4. The van der Waals surface area contributed by atoms with Gasteiger partial charge in [0.15, 0.2) is 11.0 Å². The van der Waals surface area contributed by atoms with E-state index in [0.717, 1.165) is 11.3 Å². The molecule has 0 aliphatic heterocycles. The predicted octanol–water partition coefficient (Wildman–Crippen LogP) is 3.19. The second-order valence-electron chi connectivity index (χ2n) is 7.81. The van der Waals surface area contributed by atoms with Crippen molar-refractivity contribution in [3.8, 4) is 5.75 Å². The normalized spacial score (nSPS) is 11.5. The van der Waals surface area contributed by atoms with Crippen LogP contribution in [0.2, 0.25) is 0 Å². The summed E-state index contributed by atoms with van der Waals surface area (Å²) < 4.78 is 6.84. The van der Waals surface area contributed by atoms with Gasteiger partial charge in [0.05, 0.1) is 30.2 Å². The highest BCUT2D eigenvalue weighted by Gasteiger charge is 2.19. The van der Waals surface area contributed by atoms with Crippen molar-refractivity contribution in [2.75, 3.05) is 18.2 Å². The van der Waals surface area contributed by atoms with Gasteiger partial charge in [0.2, 0.25) is 11.8 Å². The molecular formula is C23H26N6O5S. The smallest absolute Gasteiger partial charge is 0.274 e. The Labute approximate surface area is 206 Å². The number of hydrogen-bond donors (Lipinski definition) is 2. The van der Waals surface area contributed by atoms with Gasteiger partial charge in [-0.2, -0.15) is 0 Å². The van der Waals surface area contributed by atoms with Crippen LogP contribution in [0.3, 0.4) is 0 Å². The molecule has 3 aromatic rings. The lowest BCUT2D eigenvalue weighted by Crippen LogP contribution is -2.29. The molecule has 11 nitrogen and oxygen atoms in total. The van der Waals surface area contributed by atoms with Gasteiger partial charge in [0, 0.05) is 24.4 Å². The lowest BCUT2D eigenvalue weighted by Gasteiger charge is -2.14. The lowest BCUT2D eigenvalue weighted by atomic mass is 10.1. The molecule has 12 heteroatoms. The van der Waals surface area contributed by atoms with Crippen molar-refractivity contribution < 1.29 is 19.2 Å². The number of carbonyl (C=O) groups is 2. The van der Waals surface area contributed by atoms with E-state index in [4.69, 9.17) is 4.74 Å². The number of hydrogen-bond acceptors (Lipinski definition) is 8. The first-order valence-corrected chi connectivity index (χ1v) is 11.7. The van der Waals surface area contributed by atoms with E-state index in [2.05, 4.69) is 20.8 Å². The predicted molar refractivity (Wildman–Crippen MR) is 131 cm³/mol. The summed E-state index contributed by atoms with van der Waals surface area (Å²) in [6.45, 7) is 3.44. The number of methoxy groups -OCH3 is 1. The molecule has 0 radical (unpaired) electrons. The molecule has 0 aliphatic rings. The molecule has 35 heavy (non-hydrogen) atoms. The zero-order valence-electron chi connectivity index (χ0n) is 19.8. The van der Waals surface area contributed by atoms with E-state index in [1.54, 1.807) is 56.8 Å². The number of amides is 2. The SMILES string of the molecule is COc1ccc(CC(=O)N[C@H](C)c2nnc(SCC(=O)Nc3ccc(C)c([N+](=O)[O-])c3)n2C)cc1. The van der Waals surface area contributed by atoms with Crippen LogP contribution in [-0.4, -0.2) is 44.4 Å². The lowest BCUT2D eigenvalue weighted by molar-refractivity contribution is -0.385. The molecule has 0 fully saturated rings. The first kappa shape index (κ1) is 25.7. The number of carbonyl (C=O) groups excluding carboxylic acids is 2. The Balaban J connectivity index is 1.54. The van der Waals surface area contributed by atoms with Crippen LogP contribution in [-0.2, 0) is 23.1 Å². The van der Waals surface area contributed by atoms with Crippen LogP contribution in [0.15, 0.2) is 47.6 Å². The molecule has 2 aromatic carbocycles. The molecule has 0 bridgehead atoms. The minimum absolute atomic E-state index is 0.0336. The highest BCUT2D eigenvalue weighted by atomic mass is 32.2. The maximum absolute atomic E-state index is 12.4. The molecular weight excluding hydrogens is 472 g/mol.